The fourth-order valence-electron chi connectivity index (χ4n) is 3.36. The summed E-state index contributed by atoms with van der Waals surface area (Å²) in [5, 5.41) is 10.7. The van der Waals surface area contributed by atoms with Gasteiger partial charge in [0, 0.05) is 41.7 Å². The lowest BCUT2D eigenvalue weighted by atomic mass is 9.88. The molecule has 0 N–H and O–H groups in total. The van der Waals surface area contributed by atoms with Crippen molar-refractivity contribution in [2.45, 2.75) is 19.8 Å². The minimum atomic E-state index is -0.972. The van der Waals surface area contributed by atoms with E-state index in [-0.39, 0.29) is 23.6 Å². The van der Waals surface area contributed by atoms with E-state index in [9.17, 15) is 24.1 Å². The van der Waals surface area contributed by atoms with Crippen LogP contribution in [0.15, 0.2) is 54.7 Å². The SMILES string of the molecule is CCOC(=O)C(c1ccc([N+](=O)[O-])cc1F)c1cccn1C.Cc1ccc2cc1C2=O. The average Bonchev–Trinajstić information content (AvgIpc) is 3.14. The van der Waals surface area contributed by atoms with E-state index in [4.69, 9.17) is 4.74 Å². The minimum absolute atomic E-state index is 0.0471. The molecule has 0 fully saturated rings. The van der Waals surface area contributed by atoms with Crippen LogP contribution in [0, 0.1) is 22.9 Å². The van der Waals surface area contributed by atoms with E-state index >= 15 is 0 Å². The number of esters is 1. The summed E-state index contributed by atoms with van der Waals surface area (Å²) in [6.07, 6.45) is 1.73. The van der Waals surface area contributed by atoms with Crippen molar-refractivity contribution >= 4 is 17.4 Å². The van der Waals surface area contributed by atoms with Crippen molar-refractivity contribution in [2.75, 3.05) is 6.61 Å². The summed E-state index contributed by atoms with van der Waals surface area (Å²) in [7, 11) is 1.73. The molecule has 1 heterocycles. The van der Waals surface area contributed by atoms with Crippen molar-refractivity contribution in [3.8, 4) is 0 Å². The third-order valence-corrected chi connectivity index (χ3v) is 5.05. The number of hydrogen-bond acceptors (Lipinski definition) is 5. The van der Waals surface area contributed by atoms with Gasteiger partial charge in [-0.2, -0.15) is 0 Å². The molecule has 2 aliphatic rings. The predicted octanol–water partition coefficient (Wildman–Crippen LogP) is 4.31. The number of rotatable bonds is 5. The first kappa shape index (κ1) is 21.9. The molecule has 3 aromatic rings. The third kappa shape index (κ3) is 4.37. The van der Waals surface area contributed by atoms with Crippen molar-refractivity contribution in [3.63, 3.8) is 0 Å². The van der Waals surface area contributed by atoms with Crippen LogP contribution in [0.5, 0.6) is 0 Å². The number of nitro benzene ring substituents is 1. The molecule has 2 bridgehead atoms. The number of hydrogen-bond donors (Lipinski definition) is 0. The number of aromatic nitrogens is 1. The van der Waals surface area contributed by atoms with Gasteiger partial charge in [-0.15, -0.1) is 0 Å². The number of nitro groups is 1. The van der Waals surface area contributed by atoms with Crippen LogP contribution in [-0.2, 0) is 16.6 Å². The monoisotopic (exact) mass is 424 g/mol. The van der Waals surface area contributed by atoms with Crippen LogP contribution in [0.25, 0.3) is 0 Å². The van der Waals surface area contributed by atoms with Crippen LogP contribution in [-0.4, -0.2) is 27.8 Å². The number of fused-ring (bicyclic) bond motifs is 2. The smallest absolute Gasteiger partial charge is 0.319 e. The van der Waals surface area contributed by atoms with Gasteiger partial charge in [-0.25, -0.2) is 4.39 Å². The average molecular weight is 424 g/mol. The molecule has 0 spiro atoms. The standard InChI is InChI=1S/C15H15FN2O4.C8H6O/c1-3-22-15(19)14(13-5-4-8-17(13)2)11-7-6-10(18(20)21)9-12(11)16;1-5-2-3-6-4-7(5)8(6)9/h4-9,14H,3H2,1-2H3;2-4H,1H3. The second-order valence-electron chi connectivity index (χ2n) is 7.05. The van der Waals surface area contributed by atoms with Crippen molar-refractivity contribution in [2.24, 2.45) is 7.05 Å². The molecule has 31 heavy (non-hydrogen) atoms. The number of ketones is 1. The highest BCUT2D eigenvalue weighted by molar-refractivity contribution is 6.17. The molecule has 7 nitrogen and oxygen atoms in total. The number of ether oxygens (including phenoxy) is 1. The Morgan fingerprint density at radius 2 is 1.97 bits per heavy atom. The summed E-state index contributed by atoms with van der Waals surface area (Å²) in [5.41, 5.74) is 3.07. The molecule has 8 heteroatoms. The Morgan fingerprint density at radius 1 is 1.23 bits per heavy atom. The van der Waals surface area contributed by atoms with E-state index in [0.717, 1.165) is 22.8 Å². The molecule has 1 aromatic heterocycles. The summed E-state index contributed by atoms with van der Waals surface area (Å²) in [6.45, 7) is 3.77. The van der Waals surface area contributed by atoms with E-state index in [0.29, 0.717) is 5.69 Å². The number of benzene rings is 2. The molecular formula is C23H21FN2O5. The normalized spacial score (nSPS) is 12.3. The van der Waals surface area contributed by atoms with Crippen LogP contribution in [0.2, 0.25) is 0 Å². The molecular weight excluding hydrogens is 403 g/mol. The first-order chi connectivity index (χ1) is 14.7. The maximum absolute atomic E-state index is 14.3. The predicted molar refractivity (Wildman–Crippen MR) is 112 cm³/mol. The van der Waals surface area contributed by atoms with Crippen LogP contribution >= 0.6 is 0 Å². The first-order valence-electron chi connectivity index (χ1n) is 9.61. The van der Waals surface area contributed by atoms with E-state index in [2.05, 4.69) is 0 Å². The van der Waals surface area contributed by atoms with Gasteiger partial charge < -0.3 is 9.30 Å². The van der Waals surface area contributed by atoms with E-state index in [1.807, 2.05) is 25.1 Å². The van der Waals surface area contributed by atoms with Gasteiger partial charge in [0.2, 0.25) is 0 Å². The zero-order chi connectivity index (χ0) is 22.7. The lowest BCUT2D eigenvalue weighted by Crippen LogP contribution is -2.20. The van der Waals surface area contributed by atoms with Gasteiger partial charge in [-0.3, -0.25) is 19.7 Å². The Balaban J connectivity index is 0.000000248. The number of non-ortho nitro benzene ring substituents is 1. The van der Waals surface area contributed by atoms with Crippen molar-refractivity contribution in [1.82, 2.24) is 4.57 Å². The number of aryl methyl sites for hydroxylation is 2. The number of nitrogens with zero attached hydrogens (tertiary/aromatic N) is 2. The zero-order valence-electron chi connectivity index (χ0n) is 17.3. The van der Waals surface area contributed by atoms with Crippen molar-refractivity contribution in [1.29, 1.82) is 0 Å². The maximum Gasteiger partial charge on any atom is 0.319 e. The third-order valence-electron chi connectivity index (χ3n) is 5.05. The van der Waals surface area contributed by atoms with E-state index < -0.39 is 22.6 Å². The molecule has 0 radical (unpaired) electrons. The molecule has 0 aliphatic heterocycles. The van der Waals surface area contributed by atoms with Crippen LogP contribution in [0.1, 0.15) is 45.6 Å². The fourth-order valence-corrected chi connectivity index (χ4v) is 3.36. The van der Waals surface area contributed by atoms with Gasteiger partial charge in [0.05, 0.1) is 17.6 Å². The van der Waals surface area contributed by atoms with Crippen LogP contribution in [0.3, 0.4) is 0 Å². The second-order valence-corrected chi connectivity index (χ2v) is 7.05. The maximum atomic E-state index is 14.3. The van der Waals surface area contributed by atoms with Gasteiger partial charge in [-0.05, 0) is 43.7 Å². The van der Waals surface area contributed by atoms with Crippen molar-refractivity contribution in [3.05, 3.63) is 98.6 Å². The highest BCUT2D eigenvalue weighted by Crippen LogP contribution is 2.30. The largest absolute Gasteiger partial charge is 0.465 e. The molecule has 160 valence electrons. The molecule has 1 unspecified atom stereocenters. The van der Waals surface area contributed by atoms with E-state index in [1.165, 1.54) is 12.1 Å². The van der Waals surface area contributed by atoms with Crippen LogP contribution < -0.4 is 0 Å². The number of carbonyl (C=O) groups excluding carboxylic acids is 2. The Labute approximate surface area is 178 Å². The Morgan fingerprint density at radius 3 is 2.42 bits per heavy atom. The molecule has 0 saturated heterocycles. The summed E-state index contributed by atoms with van der Waals surface area (Å²) >= 11 is 0. The van der Waals surface area contributed by atoms with Gasteiger partial charge >= 0.3 is 5.97 Å². The molecule has 1 atom stereocenters. The Bertz CT molecular complexity index is 1160. The van der Waals surface area contributed by atoms with Gasteiger partial charge in [0.25, 0.3) is 5.69 Å². The van der Waals surface area contributed by atoms with Gasteiger partial charge in [0.1, 0.15) is 11.7 Å². The number of carbonyl (C=O) groups is 2. The summed E-state index contributed by atoms with van der Waals surface area (Å²) < 4.78 is 21.0. The topological polar surface area (TPSA) is 91.4 Å². The summed E-state index contributed by atoms with van der Waals surface area (Å²) in [5.74, 6) is -2.17. The zero-order valence-corrected chi connectivity index (χ0v) is 17.3. The first-order valence-corrected chi connectivity index (χ1v) is 9.61. The quantitative estimate of drug-likeness (QED) is 0.271. The van der Waals surface area contributed by atoms with Gasteiger partial charge in [-0.1, -0.05) is 12.1 Å². The van der Waals surface area contributed by atoms with Crippen LogP contribution in [0.4, 0.5) is 10.1 Å². The van der Waals surface area contributed by atoms with Crippen molar-refractivity contribution < 1.29 is 23.6 Å². The second kappa shape index (κ2) is 8.91. The highest BCUT2D eigenvalue weighted by atomic mass is 19.1. The molecule has 2 aliphatic carbocycles. The Hall–Kier alpha value is -3.81. The molecule has 0 saturated carbocycles. The number of halogens is 1. The highest BCUT2D eigenvalue weighted by Gasteiger charge is 2.29. The Kier molecular flexibility index (Phi) is 6.29. The minimum Gasteiger partial charge on any atom is -0.465 e. The lowest BCUT2D eigenvalue weighted by molar-refractivity contribution is -0.385. The van der Waals surface area contributed by atoms with E-state index in [1.54, 1.807) is 36.9 Å². The molecule has 2 aromatic carbocycles. The van der Waals surface area contributed by atoms with Gasteiger partial charge in [0.15, 0.2) is 5.78 Å². The fraction of sp³-hybridized carbons (Fsp3) is 0.217. The lowest BCUT2D eigenvalue weighted by Gasteiger charge is -2.17. The summed E-state index contributed by atoms with van der Waals surface area (Å²) in [4.78, 5) is 33.1. The molecule has 5 rings (SSSR count). The summed E-state index contributed by atoms with van der Waals surface area (Å²) in [6, 6.07) is 12.4. The molecule has 0 amide bonds.